The van der Waals surface area contributed by atoms with E-state index in [1.54, 1.807) is 7.11 Å². The SMILES string of the molecule is CCC(C)(C(=O)COC)N1CCOCC1. The highest BCUT2D eigenvalue weighted by atomic mass is 16.5. The zero-order valence-electron chi connectivity index (χ0n) is 9.91. The van der Waals surface area contributed by atoms with E-state index in [4.69, 9.17) is 9.47 Å². The summed E-state index contributed by atoms with van der Waals surface area (Å²) < 4.78 is 10.2. The van der Waals surface area contributed by atoms with E-state index in [2.05, 4.69) is 4.90 Å². The van der Waals surface area contributed by atoms with E-state index in [1.165, 1.54) is 0 Å². The lowest BCUT2D eigenvalue weighted by atomic mass is 9.91. The highest BCUT2D eigenvalue weighted by Crippen LogP contribution is 2.22. The van der Waals surface area contributed by atoms with Crippen LogP contribution in [0.3, 0.4) is 0 Å². The molecule has 1 atom stereocenters. The zero-order chi connectivity index (χ0) is 11.3. The molecule has 0 aromatic rings. The van der Waals surface area contributed by atoms with E-state index in [1.807, 2.05) is 13.8 Å². The first kappa shape index (κ1) is 12.6. The molecular formula is C11H21NO3. The van der Waals surface area contributed by atoms with Gasteiger partial charge in [-0.3, -0.25) is 9.69 Å². The van der Waals surface area contributed by atoms with Gasteiger partial charge in [0.15, 0.2) is 5.78 Å². The first-order valence-corrected chi connectivity index (χ1v) is 5.50. The molecule has 0 aliphatic carbocycles. The summed E-state index contributed by atoms with van der Waals surface area (Å²) in [5, 5.41) is 0. The van der Waals surface area contributed by atoms with E-state index in [-0.39, 0.29) is 17.9 Å². The molecule has 0 N–H and O–H groups in total. The molecule has 88 valence electrons. The van der Waals surface area contributed by atoms with Crippen molar-refractivity contribution < 1.29 is 14.3 Å². The van der Waals surface area contributed by atoms with Crippen LogP contribution in [-0.4, -0.2) is 56.2 Å². The molecule has 0 radical (unpaired) electrons. The van der Waals surface area contributed by atoms with Crippen molar-refractivity contribution in [2.45, 2.75) is 25.8 Å². The van der Waals surface area contributed by atoms with Crippen molar-refractivity contribution in [1.29, 1.82) is 0 Å². The standard InChI is InChI=1S/C11H21NO3/c1-4-11(2,10(13)9-14-3)12-5-7-15-8-6-12/h4-9H2,1-3H3. The van der Waals surface area contributed by atoms with Crippen LogP contribution >= 0.6 is 0 Å². The predicted octanol–water partition coefficient (Wildman–Crippen LogP) is 0.703. The summed E-state index contributed by atoms with van der Waals surface area (Å²) in [6.45, 7) is 7.34. The Morgan fingerprint density at radius 3 is 2.53 bits per heavy atom. The third-order valence-corrected chi connectivity index (χ3v) is 3.27. The van der Waals surface area contributed by atoms with E-state index < -0.39 is 0 Å². The first-order valence-electron chi connectivity index (χ1n) is 5.50. The Bertz CT molecular complexity index is 214. The molecule has 0 spiro atoms. The first-order chi connectivity index (χ1) is 7.15. The molecular weight excluding hydrogens is 194 g/mol. The smallest absolute Gasteiger partial charge is 0.178 e. The van der Waals surface area contributed by atoms with Crippen molar-refractivity contribution in [1.82, 2.24) is 4.90 Å². The maximum atomic E-state index is 12.0. The average Bonchev–Trinajstić information content (AvgIpc) is 2.29. The summed E-state index contributed by atoms with van der Waals surface area (Å²) in [5.74, 6) is 0.161. The fraction of sp³-hybridized carbons (Fsp3) is 0.909. The van der Waals surface area contributed by atoms with Gasteiger partial charge >= 0.3 is 0 Å². The number of ketones is 1. The van der Waals surface area contributed by atoms with Gasteiger partial charge in [-0.15, -0.1) is 0 Å². The summed E-state index contributed by atoms with van der Waals surface area (Å²) in [6.07, 6.45) is 0.815. The Morgan fingerprint density at radius 1 is 1.47 bits per heavy atom. The van der Waals surface area contributed by atoms with Crippen LogP contribution in [0.4, 0.5) is 0 Å². The van der Waals surface area contributed by atoms with Gasteiger partial charge in [-0.1, -0.05) is 6.92 Å². The second-order valence-electron chi connectivity index (χ2n) is 4.08. The fourth-order valence-corrected chi connectivity index (χ4v) is 1.94. The van der Waals surface area contributed by atoms with Crippen molar-refractivity contribution in [3.8, 4) is 0 Å². The molecule has 15 heavy (non-hydrogen) atoms. The number of nitrogens with zero attached hydrogens (tertiary/aromatic N) is 1. The minimum atomic E-state index is -0.389. The maximum Gasteiger partial charge on any atom is 0.178 e. The number of carbonyl (C=O) groups excluding carboxylic acids is 1. The number of hydrogen-bond donors (Lipinski definition) is 0. The molecule has 4 heteroatoms. The van der Waals surface area contributed by atoms with Crippen LogP contribution in [0.25, 0.3) is 0 Å². The highest BCUT2D eigenvalue weighted by Gasteiger charge is 2.37. The summed E-state index contributed by atoms with van der Waals surface area (Å²) in [7, 11) is 1.56. The summed E-state index contributed by atoms with van der Waals surface area (Å²) in [6, 6.07) is 0. The van der Waals surface area contributed by atoms with Gasteiger partial charge in [0.2, 0.25) is 0 Å². The molecule has 1 saturated heterocycles. The third kappa shape index (κ3) is 2.77. The number of ether oxygens (including phenoxy) is 2. The van der Waals surface area contributed by atoms with Gasteiger partial charge < -0.3 is 9.47 Å². The van der Waals surface area contributed by atoms with Crippen molar-refractivity contribution >= 4 is 5.78 Å². The van der Waals surface area contributed by atoms with E-state index in [0.29, 0.717) is 0 Å². The van der Waals surface area contributed by atoms with Crippen molar-refractivity contribution in [2.24, 2.45) is 0 Å². The van der Waals surface area contributed by atoms with E-state index >= 15 is 0 Å². The zero-order valence-corrected chi connectivity index (χ0v) is 9.91. The second kappa shape index (κ2) is 5.58. The molecule has 0 aromatic heterocycles. The van der Waals surface area contributed by atoms with Crippen molar-refractivity contribution in [3.05, 3.63) is 0 Å². The van der Waals surface area contributed by atoms with Crippen LogP contribution in [0, 0.1) is 0 Å². The Hall–Kier alpha value is -0.450. The Labute approximate surface area is 91.5 Å². The summed E-state index contributed by atoms with van der Waals surface area (Å²) in [4.78, 5) is 14.2. The Kier molecular flexibility index (Phi) is 4.70. The average molecular weight is 215 g/mol. The Balaban J connectivity index is 2.68. The van der Waals surface area contributed by atoms with Crippen LogP contribution in [0.2, 0.25) is 0 Å². The Morgan fingerprint density at radius 2 is 2.07 bits per heavy atom. The third-order valence-electron chi connectivity index (χ3n) is 3.27. The molecule has 1 rings (SSSR count). The number of methoxy groups -OCH3 is 1. The largest absolute Gasteiger partial charge is 0.379 e. The second-order valence-corrected chi connectivity index (χ2v) is 4.08. The minimum absolute atomic E-state index is 0.161. The number of Topliss-reactive ketones (excluding diaryl/α,β-unsaturated/α-hetero) is 1. The molecule has 0 amide bonds. The van der Waals surface area contributed by atoms with Crippen LogP contribution in [0.1, 0.15) is 20.3 Å². The van der Waals surface area contributed by atoms with Crippen molar-refractivity contribution in [2.75, 3.05) is 40.0 Å². The molecule has 1 fully saturated rings. The van der Waals surface area contributed by atoms with Gasteiger partial charge in [0.1, 0.15) is 6.61 Å². The molecule has 0 bridgehead atoms. The fourth-order valence-electron chi connectivity index (χ4n) is 1.94. The number of hydrogen-bond acceptors (Lipinski definition) is 4. The van der Waals surface area contributed by atoms with Crippen LogP contribution in [0.5, 0.6) is 0 Å². The maximum absolute atomic E-state index is 12.0. The lowest BCUT2D eigenvalue weighted by Crippen LogP contribution is -2.57. The van der Waals surface area contributed by atoms with Gasteiger partial charge in [-0.25, -0.2) is 0 Å². The molecule has 1 aliphatic heterocycles. The van der Waals surface area contributed by atoms with Gasteiger partial charge in [0.05, 0.1) is 18.8 Å². The normalized spacial score (nSPS) is 22.3. The number of morpholine rings is 1. The van der Waals surface area contributed by atoms with E-state index in [9.17, 15) is 4.79 Å². The predicted molar refractivity (Wildman–Crippen MR) is 58.0 cm³/mol. The van der Waals surface area contributed by atoms with Crippen molar-refractivity contribution in [3.63, 3.8) is 0 Å². The van der Waals surface area contributed by atoms with Gasteiger partial charge in [-0.2, -0.15) is 0 Å². The quantitative estimate of drug-likeness (QED) is 0.677. The van der Waals surface area contributed by atoms with Crippen LogP contribution in [0.15, 0.2) is 0 Å². The van der Waals surface area contributed by atoms with Crippen LogP contribution in [-0.2, 0) is 14.3 Å². The monoisotopic (exact) mass is 215 g/mol. The minimum Gasteiger partial charge on any atom is -0.379 e. The molecule has 1 aliphatic rings. The lowest BCUT2D eigenvalue weighted by molar-refractivity contribution is -0.137. The van der Waals surface area contributed by atoms with E-state index in [0.717, 1.165) is 32.7 Å². The van der Waals surface area contributed by atoms with Gasteiger partial charge in [-0.05, 0) is 13.3 Å². The van der Waals surface area contributed by atoms with Crippen LogP contribution < -0.4 is 0 Å². The lowest BCUT2D eigenvalue weighted by Gasteiger charge is -2.41. The molecule has 1 heterocycles. The molecule has 0 aromatic carbocycles. The highest BCUT2D eigenvalue weighted by molar-refractivity contribution is 5.89. The van der Waals surface area contributed by atoms with Gasteiger partial charge in [0, 0.05) is 20.2 Å². The van der Waals surface area contributed by atoms with Gasteiger partial charge in [0.25, 0.3) is 0 Å². The molecule has 4 nitrogen and oxygen atoms in total. The topological polar surface area (TPSA) is 38.8 Å². The number of carbonyl (C=O) groups is 1. The molecule has 1 unspecified atom stereocenters. The summed E-state index contributed by atoms with van der Waals surface area (Å²) in [5.41, 5.74) is -0.389. The number of rotatable bonds is 5. The molecule has 0 saturated carbocycles. The summed E-state index contributed by atoms with van der Waals surface area (Å²) >= 11 is 0.